The molecule has 1 fully saturated rings. The normalized spacial score (nSPS) is 17.2. The Balaban J connectivity index is 2.01. The maximum Gasteiger partial charge on any atom is 0.128 e. The molecule has 1 saturated heterocycles. The van der Waals surface area contributed by atoms with Gasteiger partial charge in [-0.25, -0.2) is 4.98 Å². The van der Waals surface area contributed by atoms with Crippen molar-refractivity contribution in [3.8, 4) is 0 Å². The van der Waals surface area contributed by atoms with E-state index in [4.69, 9.17) is 0 Å². The Morgan fingerprint density at radius 2 is 2.31 bits per heavy atom. The lowest BCUT2D eigenvalue weighted by Crippen LogP contribution is -2.26. The van der Waals surface area contributed by atoms with E-state index in [9.17, 15) is 0 Å². The predicted octanol–water partition coefficient (Wildman–Crippen LogP) is 1.74. The van der Waals surface area contributed by atoms with Gasteiger partial charge in [-0.1, -0.05) is 6.07 Å². The molecule has 0 radical (unpaired) electrons. The number of nitrogens with zero attached hydrogens (tertiary/aromatic N) is 2. The van der Waals surface area contributed by atoms with Crippen LogP contribution in [0.15, 0.2) is 18.3 Å². The van der Waals surface area contributed by atoms with Crippen molar-refractivity contribution in [1.29, 1.82) is 0 Å². The molecule has 1 N–H and O–H groups in total. The van der Waals surface area contributed by atoms with Gasteiger partial charge in [0.1, 0.15) is 5.82 Å². The molecule has 1 aliphatic heterocycles. The van der Waals surface area contributed by atoms with Gasteiger partial charge in [0.15, 0.2) is 0 Å². The molecular weight excluding hydrogens is 218 g/mol. The molecule has 0 aliphatic carbocycles. The number of pyridine rings is 1. The molecule has 0 atom stereocenters. The van der Waals surface area contributed by atoms with Crippen LogP contribution in [-0.2, 0) is 6.54 Å². The minimum absolute atomic E-state index is 0.892. The zero-order valence-corrected chi connectivity index (χ0v) is 10.6. The third kappa shape index (κ3) is 3.12. The molecule has 3 nitrogen and oxygen atoms in total. The minimum atomic E-state index is 0.892. The van der Waals surface area contributed by atoms with E-state index in [-0.39, 0.29) is 0 Å². The molecule has 1 aliphatic rings. The van der Waals surface area contributed by atoms with Crippen LogP contribution in [0, 0.1) is 0 Å². The summed E-state index contributed by atoms with van der Waals surface area (Å²) >= 11 is 2.05. The summed E-state index contributed by atoms with van der Waals surface area (Å²) in [6.07, 6.45) is 3.24. The molecule has 0 spiro atoms. The van der Waals surface area contributed by atoms with E-state index >= 15 is 0 Å². The third-order valence-corrected chi connectivity index (χ3v) is 3.78. The Labute approximate surface area is 102 Å². The summed E-state index contributed by atoms with van der Waals surface area (Å²) < 4.78 is 0. The van der Waals surface area contributed by atoms with Crippen LogP contribution in [0.3, 0.4) is 0 Å². The van der Waals surface area contributed by atoms with Gasteiger partial charge < -0.3 is 10.2 Å². The SMILES string of the molecule is CNCc1ccc(N2CCCSCC2)nc1. The van der Waals surface area contributed by atoms with Gasteiger partial charge in [0, 0.05) is 31.6 Å². The van der Waals surface area contributed by atoms with E-state index in [0.29, 0.717) is 0 Å². The molecule has 0 aromatic carbocycles. The molecular formula is C12H19N3S. The van der Waals surface area contributed by atoms with E-state index in [2.05, 4.69) is 27.3 Å². The Kier molecular flexibility index (Phi) is 4.48. The Hall–Kier alpha value is -0.740. The molecule has 4 heteroatoms. The van der Waals surface area contributed by atoms with Gasteiger partial charge in [-0.15, -0.1) is 0 Å². The summed E-state index contributed by atoms with van der Waals surface area (Å²) in [6.45, 7) is 3.16. The van der Waals surface area contributed by atoms with Crippen molar-refractivity contribution in [2.75, 3.05) is 36.5 Å². The highest BCUT2D eigenvalue weighted by Crippen LogP contribution is 2.17. The number of thioether (sulfide) groups is 1. The fraction of sp³-hybridized carbons (Fsp3) is 0.583. The molecule has 0 bridgehead atoms. The first kappa shape index (κ1) is 11.7. The van der Waals surface area contributed by atoms with E-state index in [1.807, 2.05) is 25.0 Å². The monoisotopic (exact) mass is 237 g/mol. The second-order valence-corrected chi connectivity index (χ2v) is 5.23. The maximum atomic E-state index is 4.54. The zero-order chi connectivity index (χ0) is 11.2. The molecule has 0 unspecified atom stereocenters. The quantitative estimate of drug-likeness (QED) is 0.867. The van der Waals surface area contributed by atoms with Gasteiger partial charge in [0.05, 0.1) is 0 Å². The van der Waals surface area contributed by atoms with Crippen molar-refractivity contribution in [3.63, 3.8) is 0 Å². The fourth-order valence-electron chi connectivity index (χ4n) is 1.89. The highest BCUT2D eigenvalue weighted by Gasteiger charge is 2.10. The summed E-state index contributed by atoms with van der Waals surface area (Å²) in [5, 5.41) is 3.14. The number of rotatable bonds is 3. The fourth-order valence-corrected chi connectivity index (χ4v) is 2.77. The second kappa shape index (κ2) is 6.11. The Morgan fingerprint density at radius 3 is 3.06 bits per heavy atom. The van der Waals surface area contributed by atoms with E-state index < -0.39 is 0 Å². The third-order valence-electron chi connectivity index (χ3n) is 2.74. The van der Waals surface area contributed by atoms with Crippen molar-refractivity contribution < 1.29 is 0 Å². The van der Waals surface area contributed by atoms with Gasteiger partial charge in [-0.3, -0.25) is 0 Å². The van der Waals surface area contributed by atoms with Gasteiger partial charge >= 0.3 is 0 Å². The number of aromatic nitrogens is 1. The highest BCUT2D eigenvalue weighted by atomic mass is 32.2. The summed E-state index contributed by atoms with van der Waals surface area (Å²) in [6, 6.07) is 4.31. The predicted molar refractivity (Wildman–Crippen MR) is 71.2 cm³/mol. The molecule has 88 valence electrons. The van der Waals surface area contributed by atoms with E-state index in [1.54, 1.807) is 0 Å². The highest BCUT2D eigenvalue weighted by molar-refractivity contribution is 7.99. The molecule has 1 aromatic rings. The lowest BCUT2D eigenvalue weighted by Gasteiger charge is -2.21. The summed E-state index contributed by atoms with van der Waals surface area (Å²) in [4.78, 5) is 6.93. The van der Waals surface area contributed by atoms with Gasteiger partial charge in [0.25, 0.3) is 0 Å². The van der Waals surface area contributed by atoms with Crippen molar-refractivity contribution in [1.82, 2.24) is 10.3 Å². The molecule has 1 aromatic heterocycles. The van der Waals surface area contributed by atoms with Crippen molar-refractivity contribution in [3.05, 3.63) is 23.9 Å². The second-order valence-electron chi connectivity index (χ2n) is 4.01. The Bertz CT molecular complexity index is 305. The van der Waals surface area contributed by atoms with Gasteiger partial charge in [-0.2, -0.15) is 11.8 Å². The first-order valence-corrected chi connectivity index (χ1v) is 6.98. The smallest absolute Gasteiger partial charge is 0.128 e. The number of hydrogen-bond donors (Lipinski definition) is 1. The number of anilines is 1. The molecule has 2 heterocycles. The zero-order valence-electron chi connectivity index (χ0n) is 9.78. The van der Waals surface area contributed by atoms with Crippen molar-refractivity contribution in [2.45, 2.75) is 13.0 Å². The molecule has 2 rings (SSSR count). The van der Waals surface area contributed by atoms with Crippen LogP contribution >= 0.6 is 11.8 Å². The van der Waals surface area contributed by atoms with Crippen LogP contribution in [0.4, 0.5) is 5.82 Å². The first-order chi connectivity index (χ1) is 7.90. The van der Waals surface area contributed by atoms with Gasteiger partial charge in [-0.05, 0) is 30.9 Å². The van der Waals surface area contributed by atoms with Crippen LogP contribution < -0.4 is 10.2 Å². The molecule has 0 amide bonds. The lowest BCUT2D eigenvalue weighted by atomic mass is 10.2. The molecule has 0 saturated carbocycles. The number of nitrogens with one attached hydrogen (secondary N) is 1. The summed E-state index contributed by atoms with van der Waals surface area (Å²) in [5.41, 5.74) is 1.25. The van der Waals surface area contributed by atoms with E-state index in [1.165, 1.54) is 23.5 Å². The topological polar surface area (TPSA) is 28.2 Å². The first-order valence-electron chi connectivity index (χ1n) is 5.82. The standard InChI is InChI=1S/C12H19N3S/c1-13-9-11-3-4-12(14-10-11)15-5-2-7-16-8-6-15/h3-4,10,13H,2,5-9H2,1H3. The maximum absolute atomic E-state index is 4.54. The van der Waals surface area contributed by atoms with Crippen LogP contribution in [0.25, 0.3) is 0 Å². The average Bonchev–Trinajstić information content (AvgIpc) is 2.59. The van der Waals surface area contributed by atoms with Crippen molar-refractivity contribution in [2.24, 2.45) is 0 Å². The van der Waals surface area contributed by atoms with E-state index in [0.717, 1.165) is 25.5 Å². The van der Waals surface area contributed by atoms with Gasteiger partial charge in [0.2, 0.25) is 0 Å². The van der Waals surface area contributed by atoms with Crippen LogP contribution in [0.1, 0.15) is 12.0 Å². The minimum Gasteiger partial charge on any atom is -0.356 e. The number of hydrogen-bond acceptors (Lipinski definition) is 4. The lowest BCUT2D eigenvalue weighted by molar-refractivity contribution is 0.790. The van der Waals surface area contributed by atoms with Crippen LogP contribution in [0.5, 0.6) is 0 Å². The van der Waals surface area contributed by atoms with Crippen LogP contribution in [0.2, 0.25) is 0 Å². The average molecular weight is 237 g/mol. The van der Waals surface area contributed by atoms with Crippen molar-refractivity contribution >= 4 is 17.6 Å². The van der Waals surface area contributed by atoms with Crippen LogP contribution in [-0.4, -0.2) is 36.6 Å². The Morgan fingerprint density at radius 1 is 1.38 bits per heavy atom. The summed E-state index contributed by atoms with van der Waals surface area (Å²) in [5.74, 6) is 3.64. The molecule has 16 heavy (non-hydrogen) atoms. The largest absolute Gasteiger partial charge is 0.356 e. The summed E-state index contributed by atoms with van der Waals surface area (Å²) in [7, 11) is 1.96.